The number of benzene rings is 1. The van der Waals surface area contributed by atoms with E-state index in [-0.39, 0.29) is 5.56 Å². The van der Waals surface area contributed by atoms with Crippen molar-refractivity contribution < 1.29 is 4.39 Å². The fraction of sp³-hybridized carbons (Fsp3) is 0.0667. The normalized spacial score (nSPS) is 10.8. The fourth-order valence-electron chi connectivity index (χ4n) is 2.09. The van der Waals surface area contributed by atoms with Crippen LogP contribution in [0.3, 0.4) is 0 Å². The number of pyridine rings is 1. The summed E-state index contributed by atoms with van der Waals surface area (Å²) in [5.74, 6) is -0.0407. The van der Waals surface area contributed by atoms with Gasteiger partial charge >= 0.3 is 0 Å². The Morgan fingerprint density at radius 2 is 2.14 bits per heavy atom. The second-order valence-corrected chi connectivity index (χ2v) is 4.53. The number of nitrogens with one attached hydrogen (secondary N) is 1. The number of hydrogen-bond donors (Lipinski definition) is 2. The molecule has 0 radical (unpaired) electrons. The number of aromatic nitrogens is 3. The molecule has 0 spiro atoms. The van der Waals surface area contributed by atoms with Gasteiger partial charge in [-0.05, 0) is 24.3 Å². The Bertz CT molecular complexity index is 837. The summed E-state index contributed by atoms with van der Waals surface area (Å²) in [6, 6.07) is 9.34. The minimum atomic E-state index is -0.457. The second kappa shape index (κ2) is 5.34. The lowest BCUT2D eigenvalue weighted by molar-refractivity contribution is 0.628. The second-order valence-electron chi connectivity index (χ2n) is 4.53. The zero-order valence-electron chi connectivity index (χ0n) is 11.1. The molecule has 0 amide bonds. The minimum Gasteiger partial charge on any atom is -0.341 e. The average Bonchev–Trinajstić information content (AvgIpc) is 2.96. The van der Waals surface area contributed by atoms with Gasteiger partial charge in [0, 0.05) is 30.7 Å². The Labute approximate surface area is 119 Å². The number of aromatic amines is 1. The van der Waals surface area contributed by atoms with Gasteiger partial charge in [0.1, 0.15) is 11.6 Å². The lowest BCUT2D eigenvalue weighted by Gasteiger charge is -2.07. The molecule has 0 saturated heterocycles. The summed E-state index contributed by atoms with van der Waals surface area (Å²) in [6.07, 6.45) is 3.17. The van der Waals surface area contributed by atoms with Crippen LogP contribution in [-0.2, 0) is 6.54 Å². The summed E-state index contributed by atoms with van der Waals surface area (Å²) in [5, 5.41) is 0. The molecular formula is C15H13FN4O. The Balaban J connectivity index is 2.04. The van der Waals surface area contributed by atoms with Crippen molar-refractivity contribution in [1.82, 2.24) is 14.5 Å². The summed E-state index contributed by atoms with van der Waals surface area (Å²) < 4.78 is 15.6. The Morgan fingerprint density at radius 3 is 2.81 bits per heavy atom. The topological polar surface area (TPSA) is 76.7 Å². The lowest BCUT2D eigenvalue weighted by atomic mass is 10.1. The zero-order valence-corrected chi connectivity index (χ0v) is 11.1. The van der Waals surface area contributed by atoms with Crippen LogP contribution in [0, 0.1) is 5.82 Å². The quantitative estimate of drug-likeness (QED) is 0.770. The highest BCUT2D eigenvalue weighted by Gasteiger charge is 2.10. The molecule has 2 aromatic heterocycles. The van der Waals surface area contributed by atoms with Crippen LogP contribution in [0.1, 0.15) is 5.69 Å². The fourth-order valence-corrected chi connectivity index (χ4v) is 2.09. The van der Waals surface area contributed by atoms with E-state index >= 15 is 0 Å². The summed E-state index contributed by atoms with van der Waals surface area (Å²) in [6.45, 7) is 0.312. The van der Waals surface area contributed by atoms with Gasteiger partial charge in [0.25, 0.3) is 5.56 Å². The molecule has 0 aliphatic heterocycles. The largest absolute Gasteiger partial charge is 0.341 e. The van der Waals surface area contributed by atoms with Crippen molar-refractivity contribution in [2.24, 2.45) is 5.73 Å². The number of nitrogens with two attached hydrogens (primary N) is 1. The molecule has 0 fully saturated rings. The van der Waals surface area contributed by atoms with Crippen LogP contribution in [0.25, 0.3) is 17.1 Å². The summed E-state index contributed by atoms with van der Waals surface area (Å²) in [5.41, 5.74) is 6.81. The van der Waals surface area contributed by atoms with Gasteiger partial charge in [-0.2, -0.15) is 0 Å². The van der Waals surface area contributed by atoms with E-state index in [9.17, 15) is 9.18 Å². The van der Waals surface area contributed by atoms with Gasteiger partial charge in [0.15, 0.2) is 0 Å². The summed E-state index contributed by atoms with van der Waals surface area (Å²) >= 11 is 0. The SMILES string of the molecule is NCc1cnc(-c2ccc(-n3ccccc3=O)cc2F)[nH]1. The van der Waals surface area contributed by atoms with Crippen molar-refractivity contribution in [1.29, 1.82) is 0 Å². The van der Waals surface area contributed by atoms with E-state index in [1.807, 2.05) is 0 Å². The molecule has 6 heteroatoms. The lowest BCUT2D eigenvalue weighted by Crippen LogP contribution is -2.15. The van der Waals surface area contributed by atoms with Crippen LogP contribution >= 0.6 is 0 Å². The van der Waals surface area contributed by atoms with Gasteiger partial charge in [0.2, 0.25) is 0 Å². The molecule has 3 aromatic rings. The van der Waals surface area contributed by atoms with E-state index in [1.165, 1.54) is 16.7 Å². The standard InChI is InChI=1S/C15H13FN4O/c16-13-7-11(20-6-2-1-3-14(20)21)4-5-12(13)15-18-9-10(8-17)19-15/h1-7,9H,8,17H2,(H,18,19). The van der Waals surface area contributed by atoms with Crippen LogP contribution in [-0.4, -0.2) is 14.5 Å². The first-order valence-corrected chi connectivity index (χ1v) is 6.41. The molecule has 3 rings (SSSR count). The van der Waals surface area contributed by atoms with Gasteiger partial charge in [-0.15, -0.1) is 0 Å². The van der Waals surface area contributed by atoms with Crippen molar-refractivity contribution in [2.45, 2.75) is 6.54 Å². The first kappa shape index (κ1) is 13.3. The van der Waals surface area contributed by atoms with Crippen molar-refractivity contribution in [3.63, 3.8) is 0 Å². The number of imidazole rings is 1. The third-order valence-corrected chi connectivity index (χ3v) is 3.16. The number of hydrogen-bond acceptors (Lipinski definition) is 3. The Kier molecular flexibility index (Phi) is 3.37. The molecule has 0 saturated carbocycles. The summed E-state index contributed by atoms with van der Waals surface area (Å²) in [4.78, 5) is 18.8. The number of halogens is 1. The third kappa shape index (κ3) is 2.48. The van der Waals surface area contributed by atoms with E-state index in [1.54, 1.807) is 36.7 Å². The number of nitrogens with zero attached hydrogens (tertiary/aromatic N) is 2. The Morgan fingerprint density at radius 1 is 1.29 bits per heavy atom. The van der Waals surface area contributed by atoms with Crippen molar-refractivity contribution in [3.05, 3.63) is 70.7 Å². The van der Waals surface area contributed by atoms with Gasteiger partial charge in [-0.25, -0.2) is 9.37 Å². The van der Waals surface area contributed by atoms with Crippen LogP contribution in [0.5, 0.6) is 0 Å². The molecule has 0 unspecified atom stereocenters. The minimum absolute atomic E-state index is 0.215. The van der Waals surface area contributed by atoms with E-state index in [2.05, 4.69) is 9.97 Å². The third-order valence-electron chi connectivity index (χ3n) is 3.16. The first-order chi connectivity index (χ1) is 10.2. The molecular weight excluding hydrogens is 271 g/mol. The molecule has 0 bridgehead atoms. The highest BCUT2D eigenvalue weighted by Crippen LogP contribution is 2.22. The van der Waals surface area contributed by atoms with Crippen molar-refractivity contribution in [3.8, 4) is 17.1 Å². The maximum atomic E-state index is 14.3. The smallest absolute Gasteiger partial charge is 0.255 e. The molecule has 3 N–H and O–H groups in total. The molecule has 106 valence electrons. The van der Waals surface area contributed by atoms with E-state index in [0.717, 1.165) is 5.69 Å². The highest BCUT2D eigenvalue weighted by atomic mass is 19.1. The van der Waals surface area contributed by atoms with Crippen LogP contribution in [0.4, 0.5) is 4.39 Å². The van der Waals surface area contributed by atoms with E-state index < -0.39 is 5.82 Å². The molecule has 0 aliphatic carbocycles. The Hall–Kier alpha value is -2.73. The van der Waals surface area contributed by atoms with Gasteiger partial charge in [-0.3, -0.25) is 9.36 Å². The molecule has 0 atom stereocenters. The van der Waals surface area contributed by atoms with Crippen LogP contribution in [0.2, 0.25) is 0 Å². The predicted octanol–water partition coefficient (Wildman–Crippen LogP) is 1.83. The maximum absolute atomic E-state index is 14.3. The van der Waals surface area contributed by atoms with Crippen LogP contribution in [0.15, 0.2) is 53.6 Å². The predicted molar refractivity (Wildman–Crippen MR) is 77.5 cm³/mol. The van der Waals surface area contributed by atoms with Gasteiger partial charge < -0.3 is 10.7 Å². The van der Waals surface area contributed by atoms with Gasteiger partial charge in [0.05, 0.1) is 11.3 Å². The average molecular weight is 284 g/mol. The number of H-pyrrole nitrogens is 1. The molecule has 2 heterocycles. The molecule has 21 heavy (non-hydrogen) atoms. The maximum Gasteiger partial charge on any atom is 0.255 e. The summed E-state index contributed by atoms with van der Waals surface area (Å²) in [7, 11) is 0. The number of rotatable bonds is 3. The van der Waals surface area contributed by atoms with Crippen LogP contribution < -0.4 is 11.3 Å². The molecule has 0 aliphatic rings. The molecule has 1 aromatic carbocycles. The van der Waals surface area contributed by atoms with Gasteiger partial charge in [-0.1, -0.05) is 6.07 Å². The van der Waals surface area contributed by atoms with Crippen molar-refractivity contribution >= 4 is 0 Å². The van der Waals surface area contributed by atoms with Crippen molar-refractivity contribution in [2.75, 3.05) is 0 Å². The first-order valence-electron chi connectivity index (χ1n) is 6.41. The van der Waals surface area contributed by atoms with E-state index in [0.29, 0.717) is 23.6 Å². The molecule has 5 nitrogen and oxygen atoms in total. The van der Waals surface area contributed by atoms with E-state index in [4.69, 9.17) is 5.73 Å². The zero-order chi connectivity index (χ0) is 14.8. The monoisotopic (exact) mass is 284 g/mol. The highest BCUT2D eigenvalue weighted by molar-refractivity contribution is 5.58.